The van der Waals surface area contributed by atoms with Gasteiger partial charge in [0.25, 0.3) is 0 Å². The van der Waals surface area contributed by atoms with Crippen molar-refractivity contribution in [3.63, 3.8) is 0 Å². The molecular weight excluding hydrogens is 298 g/mol. The van der Waals surface area contributed by atoms with Crippen LogP contribution in [0.4, 0.5) is 0 Å². The predicted molar refractivity (Wildman–Crippen MR) is 86.6 cm³/mol. The highest BCUT2D eigenvalue weighted by Gasteiger charge is 2.29. The van der Waals surface area contributed by atoms with E-state index < -0.39 is 11.5 Å². The average Bonchev–Trinajstić information content (AvgIpc) is 2.42. The first-order valence-corrected chi connectivity index (χ1v) is 7.56. The number of hydrogen-bond acceptors (Lipinski definition) is 4. The number of ether oxygens (including phenoxy) is 2. The van der Waals surface area contributed by atoms with E-state index in [1.165, 1.54) is 7.11 Å². The Balaban J connectivity index is 2.36. The minimum atomic E-state index is -0.979. The maximum Gasteiger partial charge on any atom is 0.305 e. The Morgan fingerprint density at radius 1 is 1.35 bits per heavy atom. The van der Waals surface area contributed by atoms with E-state index in [9.17, 15) is 9.59 Å². The molecule has 0 saturated heterocycles. The molecule has 0 bridgehead atoms. The van der Waals surface area contributed by atoms with E-state index in [0.29, 0.717) is 13.0 Å². The minimum absolute atomic E-state index is 0.144. The summed E-state index contributed by atoms with van der Waals surface area (Å²) in [5.74, 6) is -0.410. The lowest BCUT2D eigenvalue weighted by atomic mass is 9.98. The molecule has 6 nitrogen and oxygen atoms in total. The van der Waals surface area contributed by atoms with Gasteiger partial charge in [0, 0.05) is 13.5 Å². The Morgan fingerprint density at radius 2 is 2.09 bits per heavy atom. The van der Waals surface area contributed by atoms with Crippen LogP contribution in [0.2, 0.25) is 0 Å². The van der Waals surface area contributed by atoms with E-state index in [4.69, 9.17) is 14.6 Å². The number of hydrogen-bond donors (Lipinski definition) is 2. The molecule has 0 aliphatic heterocycles. The summed E-state index contributed by atoms with van der Waals surface area (Å²) in [4.78, 5) is 22.9. The van der Waals surface area contributed by atoms with Crippen LogP contribution in [0.1, 0.15) is 31.7 Å². The monoisotopic (exact) mass is 323 g/mol. The summed E-state index contributed by atoms with van der Waals surface area (Å²) in [7, 11) is 1.47. The van der Waals surface area contributed by atoms with E-state index in [-0.39, 0.29) is 25.4 Å². The Labute approximate surface area is 136 Å². The Hall–Kier alpha value is -2.08. The van der Waals surface area contributed by atoms with Gasteiger partial charge in [-0.25, -0.2) is 0 Å². The zero-order valence-electron chi connectivity index (χ0n) is 13.9. The highest BCUT2D eigenvalue weighted by atomic mass is 16.5. The van der Waals surface area contributed by atoms with Crippen molar-refractivity contribution in [3.05, 3.63) is 29.8 Å². The van der Waals surface area contributed by atoms with Gasteiger partial charge in [0.1, 0.15) is 5.75 Å². The third-order valence-corrected chi connectivity index (χ3v) is 3.25. The van der Waals surface area contributed by atoms with Crippen molar-refractivity contribution in [1.82, 2.24) is 5.32 Å². The fourth-order valence-corrected chi connectivity index (χ4v) is 2.31. The van der Waals surface area contributed by atoms with Crippen LogP contribution < -0.4 is 10.1 Å². The quantitative estimate of drug-likeness (QED) is 0.645. The molecule has 0 aromatic heterocycles. The Morgan fingerprint density at radius 3 is 2.70 bits per heavy atom. The fraction of sp³-hybridized carbons (Fsp3) is 0.529. The van der Waals surface area contributed by atoms with Gasteiger partial charge in [-0.2, -0.15) is 0 Å². The van der Waals surface area contributed by atoms with Crippen molar-refractivity contribution in [2.75, 3.05) is 20.3 Å². The number of nitrogens with one attached hydrogen (secondary N) is 1. The van der Waals surface area contributed by atoms with Gasteiger partial charge in [0.2, 0.25) is 5.91 Å². The largest absolute Gasteiger partial charge is 0.494 e. The SMILES string of the molecule is COCC(C)(CC(=O)O)NC(=O)CCCOc1cccc(C)c1. The molecule has 1 aromatic rings. The summed E-state index contributed by atoms with van der Waals surface area (Å²) in [6.45, 7) is 4.22. The van der Waals surface area contributed by atoms with Crippen LogP contribution in [-0.2, 0) is 14.3 Å². The van der Waals surface area contributed by atoms with Crippen molar-refractivity contribution in [2.45, 2.75) is 38.6 Å². The third-order valence-electron chi connectivity index (χ3n) is 3.25. The number of carbonyl (C=O) groups is 2. The maximum atomic E-state index is 12.0. The molecular formula is C17H25NO5. The number of aryl methyl sites for hydroxylation is 1. The average molecular weight is 323 g/mol. The Kier molecular flexibility index (Phi) is 7.54. The lowest BCUT2D eigenvalue weighted by Crippen LogP contribution is -2.50. The predicted octanol–water partition coefficient (Wildman–Crippen LogP) is 2.15. The number of carbonyl (C=O) groups excluding carboxylic acids is 1. The molecule has 2 N–H and O–H groups in total. The maximum absolute atomic E-state index is 12.0. The highest BCUT2D eigenvalue weighted by molar-refractivity contribution is 5.78. The summed E-state index contributed by atoms with van der Waals surface area (Å²) >= 11 is 0. The van der Waals surface area contributed by atoms with Gasteiger partial charge in [0.15, 0.2) is 0 Å². The van der Waals surface area contributed by atoms with Crippen molar-refractivity contribution >= 4 is 11.9 Å². The first-order valence-electron chi connectivity index (χ1n) is 7.56. The van der Waals surface area contributed by atoms with E-state index in [1.54, 1.807) is 6.92 Å². The molecule has 1 atom stereocenters. The van der Waals surface area contributed by atoms with Gasteiger partial charge in [-0.1, -0.05) is 12.1 Å². The number of rotatable bonds is 10. The highest BCUT2D eigenvalue weighted by Crippen LogP contribution is 2.13. The number of carboxylic acid groups (broad SMARTS) is 1. The third kappa shape index (κ3) is 7.65. The van der Waals surface area contributed by atoms with Gasteiger partial charge in [0.05, 0.1) is 25.2 Å². The first-order chi connectivity index (χ1) is 10.8. The summed E-state index contributed by atoms with van der Waals surface area (Å²) < 4.78 is 10.6. The minimum Gasteiger partial charge on any atom is -0.494 e. The molecule has 1 aromatic carbocycles. The lowest BCUT2D eigenvalue weighted by molar-refractivity contribution is -0.139. The molecule has 0 radical (unpaired) electrons. The van der Waals surface area contributed by atoms with E-state index in [1.807, 2.05) is 31.2 Å². The second kappa shape index (κ2) is 9.15. The normalized spacial score (nSPS) is 13.2. The van der Waals surface area contributed by atoms with Gasteiger partial charge in [-0.15, -0.1) is 0 Å². The van der Waals surface area contributed by atoms with Crippen molar-refractivity contribution in [1.29, 1.82) is 0 Å². The van der Waals surface area contributed by atoms with Crippen LogP contribution in [0.25, 0.3) is 0 Å². The topological polar surface area (TPSA) is 84.9 Å². The van der Waals surface area contributed by atoms with Crippen LogP contribution in [0.3, 0.4) is 0 Å². The van der Waals surface area contributed by atoms with E-state index in [2.05, 4.69) is 5.32 Å². The molecule has 6 heteroatoms. The molecule has 0 saturated carbocycles. The van der Waals surface area contributed by atoms with Crippen LogP contribution in [0.15, 0.2) is 24.3 Å². The summed E-state index contributed by atoms with van der Waals surface area (Å²) in [6.07, 6.45) is 0.632. The number of benzene rings is 1. The summed E-state index contributed by atoms with van der Waals surface area (Å²) in [6, 6.07) is 7.71. The Bertz CT molecular complexity index is 531. The molecule has 128 valence electrons. The van der Waals surface area contributed by atoms with Crippen LogP contribution >= 0.6 is 0 Å². The zero-order valence-corrected chi connectivity index (χ0v) is 13.9. The zero-order chi connectivity index (χ0) is 17.3. The first kappa shape index (κ1) is 19.0. The smallest absolute Gasteiger partial charge is 0.305 e. The molecule has 0 fully saturated rings. The van der Waals surface area contributed by atoms with Gasteiger partial charge < -0.3 is 19.9 Å². The van der Waals surface area contributed by atoms with Crippen molar-refractivity contribution in [3.8, 4) is 5.75 Å². The number of aliphatic carboxylic acids is 1. The number of amides is 1. The molecule has 1 unspecified atom stereocenters. The van der Waals surface area contributed by atoms with E-state index >= 15 is 0 Å². The van der Waals surface area contributed by atoms with Crippen LogP contribution in [0.5, 0.6) is 5.75 Å². The molecule has 0 heterocycles. The second-order valence-corrected chi connectivity index (χ2v) is 5.88. The standard InChI is InChI=1S/C17H25NO5/c1-13-6-4-7-14(10-13)23-9-5-8-15(19)18-17(2,12-22-3)11-16(20)21/h4,6-7,10H,5,8-9,11-12H2,1-3H3,(H,18,19)(H,20,21). The van der Waals surface area contributed by atoms with E-state index in [0.717, 1.165) is 11.3 Å². The molecule has 0 spiro atoms. The van der Waals surface area contributed by atoms with Crippen molar-refractivity contribution in [2.24, 2.45) is 0 Å². The fourth-order valence-electron chi connectivity index (χ4n) is 2.31. The molecule has 0 aliphatic carbocycles. The number of carboxylic acids is 1. The molecule has 23 heavy (non-hydrogen) atoms. The van der Waals surface area contributed by atoms with Gasteiger partial charge in [-0.05, 0) is 38.0 Å². The molecule has 1 rings (SSSR count). The molecule has 0 aliphatic rings. The summed E-state index contributed by atoms with van der Waals surface area (Å²) in [5, 5.41) is 11.7. The lowest BCUT2D eigenvalue weighted by Gasteiger charge is -2.28. The van der Waals surface area contributed by atoms with Crippen molar-refractivity contribution < 1.29 is 24.2 Å². The second-order valence-electron chi connectivity index (χ2n) is 5.88. The summed E-state index contributed by atoms with van der Waals surface area (Å²) in [5.41, 5.74) is 0.207. The van der Waals surface area contributed by atoms with Crippen LogP contribution in [-0.4, -0.2) is 42.8 Å². The number of methoxy groups -OCH3 is 1. The molecule has 1 amide bonds. The van der Waals surface area contributed by atoms with Crippen LogP contribution in [0, 0.1) is 6.92 Å². The van der Waals surface area contributed by atoms with Gasteiger partial charge in [-0.3, -0.25) is 9.59 Å². The van der Waals surface area contributed by atoms with Gasteiger partial charge >= 0.3 is 5.97 Å².